The van der Waals surface area contributed by atoms with Crippen molar-refractivity contribution in [3.8, 4) is 0 Å². The molecule has 6 bridgehead atoms. The third-order valence-electron chi connectivity index (χ3n) is 6.49. The highest BCUT2D eigenvalue weighted by Gasteiger charge is 2.35. The average molecular weight is 547 g/mol. The van der Waals surface area contributed by atoms with Crippen LogP contribution in [0.25, 0.3) is 0 Å². The van der Waals surface area contributed by atoms with Crippen LogP contribution in [-0.2, 0) is 34.0 Å². The number of carbonyl (C=O) groups excluding carboxylic acids is 1. The molecule has 3 aliphatic heterocycles. The quantitative estimate of drug-likeness (QED) is 0.469. The van der Waals surface area contributed by atoms with Crippen LogP contribution in [0.2, 0.25) is 0 Å². The monoisotopic (exact) mass is 546 g/mol. The molecule has 0 saturated carbocycles. The van der Waals surface area contributed by atoms with Gasteiger partial charge in [-0.15, -0.1) is 0 Å². The van der Waals surface area contributed by atoms with E-state index in [4.69, 9.17) is 0 Å². The fraction of sp³-hybridized carbons (Fsp3) is 0.320. The van der Waals surface area contributed by atoms with E-state index < -0.39 is 27.6 Å². The Hall–Kier alpha value is -3.87. The van der Waals surface area contributed by atoms with Crippen molar-refractivity contribution in [2.75, 3.05) is 39.2 Å². The molecule has 0 saturated heterocycles. The van der Waals surface area contributed by atoms with E-state index >= 15 is 0 Å². The predicted octanol–water partition coefficient (Wildman–Crippen LogP) is 4.30. The summed E-state index contributed by atoms with van der Waals surface area (Å²) in [4.78, 5) is 22.6. The molecule has 2 N–H and O–H groups in total. The molecule has 6 rings (SSSR count). The molecule has 0 radical (unpaired) electrons. The first-order valence-electron chi connectivity index (χ1n) is 11.9. The number of benzene rings is 2. The lowest BCUT2D eigenvalue weighted by Gasteiger charge is -2.26. The van der Waals surface area contributed by atoms with Crippen LogP contribution in [0.3, 0.4) is 0 Å². The van der Waals surface area contributed by atoms with Gasteiger partial charge in [-0.05, 0) is 48.2 Å². The number of rotatable bonds is 1. The van der Waals surface area contributed by atoms with Gasteiger partial charge in [0.05, 0.1) is 11.9 Å². The Morgan fingerprint density at radius 1 is 1.00 bits per heavy atom. The number of nitrogens with one attached hydrogen (secondary N) is 2. The Kier molecular flexibility index (Phi) is 6.63. The Labute approximate surface area is 217 Å². The van der Waals surface area contributed by atoms with E-state index in [9.17, 15) is 26.4 Å². The predicted molar refractivity (Wildman–Crippen MR) is 138 cm³/mol. The van der Waals surface area contributed by atoms with Gasteiger partial charge in [0.1, 0.15) is 11.4 Å². The van der Waals surface area contributed by atoms with Crippen molar-refractivity contribution in [3.05, 3.63) is 65.4 Å². The maximum atomic E-state index is 13.8. The van der Waals surface area contributed by atoms with Crippen molar-refractivity contribution < 1.29 is 26.4 Å². The lowest BCUT2D eigenvalue weighted by Crippen LogP contribution is -2.34. The minimum Gasteiger partial charge on any atom is -0.365 e. The molecule has 0 atom stereocenters. The van der Waals surface area contributed by atoms with Crippen molar-refractivity contribution in [2.45, 2.75) is 32.0 Å². The van der Waals surface area contributed by atoms with Crippen molar-refractivity contribution in [1.29, 1.82) is 0 Å². The molecule has 38 heavy (non-hydrogen) atoms. The number of hydrogen-bond acceptors (Lipinski definition) is 7. The summed E-state index contributed by atoms with van der Waals surface area (Å²) < 4.78 is 67.9. The first kappa shape index (κ1) is 25.8. The van der Waals surface area contributed by atoms with E-state index in [2.05, 4.69) is 20.6 Å². The van der Waals surface area contributed by atoms with E-state index in [1.54, 1.807) is 41.3 Å². The highest BCUT2D eigenvalue weighted by Crippen LogP contribution is 2.36. The third kappa shape index (κ3) is 5.23. The topological polar surface area (TPSA) is 108 Å². The molecule has 1 aromatic heterocycles. The van der Waals surface area contributed by atoms with Crippen LogP contribution in [0, 0.1) is 0 Å². The van der Waals surface area contributed by atoms with Gasteiger partial charge in [0.25, 0.3) is 0 Å². The Morgan fingerprint density at radius 2 is 1.79 bits per heavy atom. The molecule has 9 nitrogen and oxygen atoms in total. The molecule has 0 unspecified atom stereocenters. The van der Waals surface area contributed by atoms with Gasteiger partial charge in [0, 0.05) is 43.6 Å². The lowest BCUT2D eigenvalue weighted by molar-refractivity contribution is -0.137. The Morgan fingerprint density at radius 3 is 2.55 bits per heavy atom. The molecule has 1 amide bonds. The van der Waals surface area contributed by atoms with E-state index in [1.807, 2.05) is 6.07 Å². The van der Waals surface area contributed by atoms with E-state index in [0.29, 0.717) is 36.1 Å². The Balaban J connectivity index is 1.59. The highest BCUT2D eigenvalue weighted by atomic mass is 32.2. The van der Waals surface area contributed by atoms with Crippen LogP contribution in [0.5, 0.6) is 0 Å². The number of nitrogens with zero attached hydrogens (tertiary/aromatic N) is 4. The number of anilines is 5. The molecule has 13 heteroatoms. The Bertz CT molecular complexity index is 1500. The molecule has 3 aliphatic rings. The van der Waals surface area contributed by atoms with Gasteiger partial charge in [-0.1, -0.05) is 18.2 Å². The smallest absolute Gasteiger partial charge is 0.365 e. The van der Waals surface area contributed by atoms with Gasteiger partial charge < -0.3 is 15.5 Å². The van der Waals surface area contributed by atoms with Crippen LogP contribution in [0.4, 0.5) is 42.0 Å². The van der Waals surface area contributed by atoms with Gasteiger partial charge in [-0.25, -0.2) is 13.4 Å². The number of carbonyl (C=O) groups is 1. The minimum atomic E-state index is -4.71. The van der Waals surface area contributed by atoms with E-state index in [1.165, 1.54) is 4.31 Å². The van der Waals surface area contributed by atoms with Crippen molar-refractivity contribution >= 4 is 44.8 Å². The van der Waals surface area contributed by atoms with Gasteiger partial charge in [0.15, 0.2) is 0 Å². The van der Waals surface area contributed by atoms with Gasteiger partial charge in [0.2, 0.25) is 21.9 Å². The molecule has 0 fully saturated rings. The number of para-hydroxylation sites is 1. The molecule has 4 heterocycles. The summed E-state index contributed by atoms with van der Waals surface area (Å²) in [6.07, 6.45) is -1.92. The van der Waals surface area contributed by atoms with Crippen LogP contribution in [0.15, 0.2) is 48.7 Å². The van der Waals surface area contributed by atoms with Crippen LogP contribution in [0.1, 0.15) is 29.5 Å². The summed E-state index contributed by atoms with van der Waals surface area (Å²) >= 11 is 0. The fourth-order valence-electron chi connectivity index (χ4n) is 4.71. The molecule has 0 spiro atoms. The largest absolute Gasteiger partial charge is 0.421 e. The first-order valence-corrected chi connectivity index (χ1v) is 13.8. The van der Waals surface area contributed by atoms with Gasteiger partial charge in [-0.2, -0.15) is 18.2 Å². The zero-order valence-corrected chi connectivity index (χ0v) is 21.2. The zero-order chi connectivity index (χ0) is 27.1. The molecule has 3 aromatic rings. The lowest BCUT2D eigenvalue weighted by atomic mass is 10.1. The summed E-state index contributed by atoms with van der Waals surface area (Å²) in [7, 11) is -3.75. The van der Waals surface area contributed by atoms with Crippen LogP contribution < -0.4 is 19.8 Å². The highest BCUT2D eigenvalue weighted by molar-refractivity contribution is 7.92. The molecule has 0 aliphatic carbocycles. The number of alkyl halides is 3. The fourth-order valence-corrected chi connectivity index (χ4v) is 5.70. The first-order chi connectivity index (χ1) is 18.0. The van der Waals surface area contributed by atoms with Crippen molar-refractivity contribution in [1.82, 2.24) is 9.97 Å². The second kappa shape index (κ2) is 9.78. The summed E-state index contributed by atoms with van der Waals surface area (Å²) in [6, 6.07) is 11.8. The molecule has 200 valence electrons. The molecular weight excluding hydrogens is 521 g/mol. The van der Waals surface area contributed by atoms with Crippen molar-refractivity contribution in [2.24, 2.45) is 0 Å². The normalized spacial score (nSPS) is 16.4. The second-order valence-electron chi connectivity index (χ2n) is 9.14. The second-order valence-corrected chi connectivity index (χ2v) is 11.0. The average Bonchev–Trinajstić information content (AvgIpc) is 3.27. The van der Waals surface area contributed by atoms with E-state index in [-0.39, 0.29) is 37.8 Å². The van der Waals surface area contributed by atoms with Crippen LogP contribution in [-0.4, -0.2) is 43.6 Å². The number of hydrogen-bond donors (Lipinski definition) is 2. The standard InChI is InChI=1S/C25H25F3N6O3S/c1-38(36,37)34-11-4-7-22(35)33-12-10-16-13-18(8-9-20(16)33)31-24-30-15-19(25(26,27)28)23(32-24)29-14-17-5-2-3-6-21(17)34/h2-3,5-6,8-9,13,15H,4,7,10-12,14H2,1H3,(H2,29,30,31,32). The summed E-state index contributed by atoms with van der Waals surface area (Å²) in [5.41, 5.74) is 1.96. The SMILES string of the molecule is CS(=O)(=O)N1CCCC(=O)N2CCc3cc(ccc32)Nc2ncc(C(F)(F)F)c(n2)NCc2ccccc21. The third-order valence-corrected chi connectivity index (χ3v) is 7.67. The number of fused-ring (bicyclic) bond motifs is 6. The number of amides is 1. The molecular formula is C25H25F3N6O3S. The van der Waals surface area contributed by atoms with Crippen LogP contribution >= 0.6 is 0 Å². The summed E-state index contributed by atoms with van der Waals surface area (Å²) in [6.45, 7) is 0.394. The van der Waals surface area contributed by atoms with Gasteiger partial charge in [-0.3, -0.25) is 9.10 Å². The summed E-state index contributed by atoms with van der Waals surface area (Å²) in [5.74, 6) is -0.585. The number of halogens is 3. The van der Waals surface area contributed by atoms with Crippen molar-refractivity contribution in [3.63, 3.8) is 0 Å². The summed E-state index contributed by atoms with van der Waals surface area (Å²) in [5, 5.41) is 5.68. The van der Waals surface area contributed by atoms with Gasteiger partial charge >= 0.3 is 6.18 Å². The zero-order valence-electron chi connectivity index (χ0n) is 20.4. The maximum absolute atomic E-state index is 13.8. The number of aromatic nitrogens is 2. The molecule has 2 aromatic carbocycles. The maximum Gasteiger partial charge on any atom is 0.421 e. The minimum absolute atomic E-state index is 0.0383. The number of sulfonamides is 1. The van der Waals surface area contributed by atoms with E-state index in [0.717, 1.165) is 17.5 Å².